The summed E-state index contributed by atoms with van der Waals surface area (Å²) in [4.78, 5) is 2.74. The first-order chi connectivity index (χ1) is 8.58. The number of nitrogens with one attached hydrogen (secondary N) is 1. The van der Waals surface area contributed by atoms with Gasteiger partial charge in [-0.2, -0.15) is 0 Å². The molecule has 0 amide bonds. The van der Waals surface area contributed by atoms with Crippen molar-refractivity contribution in [3.8, 4) is 0 Å². The molecule has 1 N–H and O–H groups in total. The fourth-order valence-electron chi connectivity index (χ4n) is 2.74. The van der Waals surface area contributed by atoms with E-state index < -0.39 is 0 Å². The molecule has 19 heavy (non-hydrogen) atoms. The van der Waals surface area contributed by atoms with Gasteiger partial charge in [0.15, 0.2) is 0 Å². The van der Waals surface area contributed by atoms with Crippen LogP contribution >= 0.6 is 0 Å². The van der Waals surface area contributed by atoms with Crippen LogP contribution < -0.4 is 5.32 Å². The van der Waals surface area contributed by atoms with E-state index in [1.807, 2.05) is 0 Å². The summed E-state index contributed by atoms with van der Waals surface area (Å²) in [6.07, 6.45) is 1.25. The van der Waals surface area contributed by atoms with Crippen molar-refractivity contribution in [2.45, 2.75) is 73.9 Å². The molecule has 114 valence electrons. The molecule has 0 aromatic carbocycles. The first-order valence-electron chi connectivity index (χ1n) is 8.05. The molecule has 1 rings (SSSR count). The van der Waals surface area contributed by atoms with Crippen molar-refractivity contribution in [2.24, 2.45) is 16.7 Å². The Hall–Kier alpha value is -0.0800. The van der Waals surface area contributed by atoms with Gasteiger partial charge in [-0.05, 0) is 23.2 Å². The summed E-state index contributed by atoms with van der Waals surface area (Å²) in [7, 11) is 0. The van der Waals surface area contributed by atoms with Crippen LogP contribution in [0, 0.1) is 16.7 Å². The Morgan fingerprint density at radius 2 is 1.74 bits per heavy atom. The fraction of sp³-hybridized carbons (Fsp3) is 1.00. The van der Waals surface area contributed by atoms with E-state index in [4.69, 9.17) is 0 Å². The molecule has 1 fully saturated rings. The van der Waals surface area contributed by atoms with Crippen LogP contribution in [0.25, 0.3) is 0 Å². The Labute approximate surface area is 121 Å². The van der Waals surface area contributed by atoms with E-state index in [2.05, 4.69) is 65.6 Å². The summed E-state index contributed by atoms with van der Waals surface area (Å²) in [6, 6.07) is 1.31. The Bertz CT molecular complexity index is 275. The number of hydrogen-bond donors (Lipinski definition) is 1. The van der Waals surface area contributed by atoms with Gasteiger partial charge in [0.25, 0.3) is 0 Å². The summed E-state index contributed by atoms with van der Waals surface area (Å²) in [6.45, 7) is 22.5. The second kappa shape index (κ2) is 6.13. The first-order valence-corrected chi connectivity index (χ1v) is 8.05. The molecular weight excluding hydrogens is 232 g/mol. The highest BCUT2D eigenvalue weighted by atomic mass is 15.2. The van der Waals surface area contributed by atoms with Gasteiger partial charge >= 0.3 is 0 Å². The van der Waals surface area contributed by atoms with Gasteiger partial charge in [-0.1, -0.05) is 55.4 Å². The van der Waals surface area contributed by atoms with Crippen LogP contribution in [-0.2, 0) is 0 Å². The monoisotopic (exact) mass is 268 g/mol. The van der Waals surface area contributed by atoms with E-state index in [1.165, 1.54) is 19.5 Å². The second-order valence-electron chi connectivity index (χ2n) is 8.46. The average Bonchev–Trinajstić information content (AvgIpc) is 2.27. The zero-order valence-corrected chi connectivity index (χ0v) is 14.5. The largest absolute Gasteiger partial charge is 0.311 e. The SMILES string of the molecule is CCC1CNC(C(C)(C)C)CN1CC(C)(C)C(C)C. The van der Waals surface area contributed by atoms with Crippen LogP contribution in [0.5, 0.6) is 0 Å². The van der Waals surface area contributed by atoms with E-state index in [1.54, 1.807) is 0 Å². The minimum atomic E-state index is 0.346. The third kappa shape index (κ3) is 4.46. The standard InChI is InChI=1S/C17H36N2/c1-9-14-10-18-15(16(4,5)6)11-19(14)12-17(7,8)13(2)3/h13-15,18H,9-12H2,1-8H3. The minimum absolute atomic E-state index is 0.346. The molecular formula is C17H36N2. The predicted octanol–water partition coefficient (Wildman–Crippen LogP) is 3.77. The Kier molecular flexibility index (Phi) is 5.48. The van der Waals surface area contributed by atoms with Crippen LogP contribution in [0.4, 0.5) is 0 Å². The zero-order valence-electron chi connectivity index (χ0n) is 14.5. The van der Waals surface area contributed by atoms with E-state index in [-0.39, 0.29) is 0 Å². The Morgan fingerprint density at radius 1 is 1.16 bits per heavy atom. The van der Waals surface area contributed by atoms with Crippen LogP contribution in [0.1, 0.15) is 61.8 Å². The fourth-order valence-corrected chi connectivity index (χ4v) is 2.74. The summed E-state index contributed by atoms with van der Waals surface area (Å²) in [5.74, 6) is 0.730. The molecule has 0 bridgehead atoms. The van der Waals surface area contributed by atoms with Gasteiger partial charge in [0.1, 0.15) is 0 Å². The van der Waals surface area contributed by atoms with E-state index in [0.29, 0.717) is 22.9 Å². The van der Waals surface area contributed by atoms with Crippen molar-refractivity contribution in [1.82, 2.24) is 10.2 Å². The molecule has 1 aliphatic heterocycles. The topological polar surface area (TPSA) is 15.3 Å². The third-order valence-electron chi connectivity index (χ3n) is 5.22. The van der Waals surface area contributed by atoms with Gasteiger partial charge < -0.3 is 5.32 Å². The number of hydrogen-bond acceptors (Lipinski definition) is 2. The molecule has 2 atom stereocenters. The minimum Gasteiger partial charge on any atom is -0.311 e. The van der Waals surface area contributed by atoms with Crippen molar-refractivity contribution in [2.75, 3.05) is 19.6 Å². The summed E-state index contributed by atoms with van der Waals surface area (Å²) < 4.78 is 0. The highest BCUT2D eigenvalue weighted by molar-refractivity contribution is 4.93. The van der Waals surface area contributed by atoms with Gasteiger partial charge in [0.2, 0.25) is 0 Å². The van der Waals surface area contributed by atoms with Crippen molar-refractivity contribution in [3.63, 3.8) is 0 Å². The molecule has 1 heterocycles. The maximum atomic E-state index is 3.76. The smallest absolute Gasteiger partial charge is 0.0244 e. The molecule has 0 aliphatic carbocycles. The highest BCUT2D eigenvalue weighted by Gasteiger charge is 2.36. The number of rotatable bonds is 4. The lowest BCUT2D eigenvalue weighted by Gasteiger charge is -2.48. The lowest BCUT2D eigenvalue weighted by atomic mass is 9.79. The normalized spacial score (nSPS) is 27.0. The lowest BCUT2D eigenvalue weighted by molar-refractivity contribution is 0.0386. The van der Waals surface area contributed by atoms with E-state index in [9.17, 15) is 0 Å². The van der Waals surface area contributed by atoms with Crippen molar-refractivity contribution >= 4 is 0 Å². The van der Waals surface area contributed by atoms with E-state index >= 15 is 0 Å². The molecule has 2 unspecified atom stereocenters. The van der Waals surface area contributed by atoms with Crippen molar-refractivity contribution in [1.29, 1.82) is 0 Å². The van der Waals surface area contributed by atoms with Gasteiger partial charge in [-0.25, -0.2) is 0 Å². The molecule has 1 saturated heterocycles. The van der Waals surface area contributed by atoms with Crippen LogP contribution in [0.15, 0.2) is 0 Å². The number of nitrogens with zero attached hydrogens (tertiary/aromatic N) is 1. The van der Waals surface area contributed by atoms with Crippen LogP contribution in [-0.4, -0.2) is 36.6 Å². The quantitative estimate of drug-likeness (QED) is 0.835. The Morgan fingerprint density at radius 3 is 2.16 bits per heavy atom. The van der Waals surface area contributed by atoms with E-state index in [0.717, 1.165) is 12.5 Å². The van der Waals surface area contributed by atoms with Gasteiger partial charge in [0, 0.05) is 31.7 Å². The average molecular weight is 268 g/mol. The van der Waals surface area contributed by atoms with Crippen molar-refractivity contribution in [3.05, 3.63) is 0 Å². The maximum Gasteiger partial charge on any atom is 0.0244 e. The summed E-state index contributed by atoms with van der Waals surface area (Å²) in [5.41, 5.74) is 0.742. The molecule has 0 radical (unpaired) electrons. The molecule has 2 nitrogen and oxygen atoms in total. The predicted molar refractivity (Wildman–Crippen MR) is 85.5 cm³/mol. The molecule has 2 heteroatoms. The Balaban J connectivity index is 2.76. The molecule has 0 aromatic rings. The lowest BCUT2D eigenvalue weighted by Crippen LogP contribution is -2.61. The highest BCUT2D eigenvalue weighted by Crippen LogP contribution is 2.31. The van der Waals surface area contributed by atoms with Crippen LogP contribution in [0.3, 0.4) is 0 Å². The molecule has 0 spiro atoms. The maximum absolute atomic E-state index is 3.76. The molecule has 0 saturated carbocycles. The summed E-state index contributed by atoms with van der Waals surface area (Å²) >= 11 is 0. The van der Waals surface area contributed by atoms with Crippen LogP contribution in [0.2, 0.25) is 0 Å². The number of piperazine rings is 1. The zero-order chi connectivity index (χ0) is 14.8. The van der Waals surface area contributed by atoms with Gasteiger partial charge in [-0.15, -0.1) is 0 Å². The first kappa shape index (κ1) is 17.0. The molecule has 1 aliphatic rings. The van der Waals surface area contributed by atoms with Gasteiger partial charge in [-0.3, -0.25) is 4.90 Å². The molecule has 0 aromatic heterocycles. The third-order valence-corrected chi connectivity index (χ3v) is 5.22. The summed E-state index contributed by atoms with van der Waals surface area (Å²) in [5, 5.41) is 3.76. The van der Waals surface area contributed by atoms with Crippen molar-refractivity contribution < 1.29 is 0 Å². The van der Waals surface area contributed by atoms with Gasteiger partial charge in [0.05, 0.1) is 0 Å². The second-order valence-corrected chi connectivity index (χ2v) is 8.46.